The monoisotopic (exact) mass is 392 g/mol. The molecule has 0 bridgehead atoms. The fraction of sp³-hybridized carbons (Fsp3) is 0.792. The van der Waals surface area contributed by atoms with E-state index in [-0.39, 0.29) is 24.3 Å². The largest absolute Gasteiger partial charge is 0.459 e. The van der Waals surface area contributed by atoms with Gasteiger partial charge in [0.25, 0.3) is 0 Å². The van der Waals surface area contributed by atoms with Gasteiger partial charge in [-0.1, -0.05) is 37.6 Å². The van der Waals surface area contributed by atoms with Crippen molar-refractivity contribution in [3.63, 3.8) is 0 Å². The van der Waals surface area contributed by atoms with E-state index >= 15 is 0 Å². The molecule has 28 heavy (non-hydrogen) atoms. The van der Waals surface area contributed by atoms with Crippen molar-refractivity contribution >= 4 is 5.97 Å². The van der Waals surface area contributed by atoms with Crippen LogP contribution in [0.25, 0.3) is 0 Å². The second kappa shape index (κ2) is 9.58. The summed E-state index contributed by atoms with van der Waals surface area (Å²) in [6.07, 6.45) is 8.48. The number of aliphatic hydroxyl groups excluding tert-OH is 1. The summed E-state index contributed by atoms with van der Waals surface area (Å²) < 4.78 is 11.8. The third-order valence-electron chi connectivity index (χ3n) is 6.49. The third kappa shape index (κ3) is 5.70. The smallest absolute Gasteiger partial charge is 0.311 e. The molecule has 0 amide bonds. The minimum atomic E-state index is -0.549. The van der Waals surface area contributed by atoms with E-state index in [4.69, 9.17) is 9.47 Å². The molecule has 0 aliphatic heterocycles. The Morgan fingerprint density at radius 1 is 1.21 bits per heavy atom. The Kier molecular flexibility index (Phi) is 7.92. The number of rotatable bonds is 3. The van der Waals surface area contributed by atoms with Crippen LogP contribution in [-0.4, -0.2) is 36.5 Å². The minimum absolute atomic E-state index is 0.189. The molecule has 2 rings (SSSR count). The van der Waals surface area contributed by atoms with Gasteiger partial charge in [-0.15, -0.1) is 0 Å². The van der Waals surface area contributed by atoms with E-state index in [9.17, 15) is 9.90 Å². The van der Waals surface area contributed by atoms with Crippen LogP contribution in [0.15, 0.2) is 23.8 Å². The first-order chi connectivity index (χ1) is 13.0. The fourth-order valence-corrected chi connectivity index (χ4v) is 4.70. The Morgan fingerprint density at radius 2 is 1.89 bits per heavy atom. The molecule has 160 valence electrons. The number of aliphatic hydroxyl groups is 1. The number of carbonyl (C=O) groups is 1. The summed E-state index contributed by atoms with van der Waals surface area (Å²) >= 11 is 0. The Bertz CT molecular complexity index is 584. The normalized spacial score (nSPS) is 34.5. The van der Waals surface area contributed by atoms with Crippen LogP contribution in [0.2, 0.25) is 0 Å². The highest BCUT2D eigenvalue weighted by molar-refractivity contribution is 5.75. The molecule has 2 aliphatic rings. The van der Waals surface area contributed by atoms with E-state index in [0.717, 1.165) is 19.3 Å². The van der Waals surface area contributed by atoms with Gasteiger partial charge in [-0.05, 0) is 77.0 Å². The molecule has 6 atom stereocenters. The molecule has 0 saturated heterocycles. The van der Waals surface area contributed by atoms with Gasteiger partial charge < -0.3 is 14.6 Å². The highest BCUT2D eigenvalue weighted by Gasteiger charge is 2.40. The molecule has 0 spiro atoms. The number of hydrogen-bond donors (Lipinski definition) is 1. The van der Waals surface area contributed by atoms with E-state index in [1.54, 1.807) is 7.11 Å². The van der Waals surface area contributed by atoms with Crippen molar-refractivity contribution in [1.29, 1.82) is 0 Å². The average molecular weight is 393 g/mol. The highest BCUT2D eigenvalue weighted by Crippen LogP contribution is 2.45. The van der Waals surface area contributed by atoms with E-state index in [0.29, 0.717) is 30.1 Å². The fourth-order valence-electron chi connectivity index (χ4n) is 4.70. The number of allylic oxidation sites excluding steroid dienone is 2. The summed E-state index contributed by atoms with van der Waals surface area (Å²) in [4.78, 5) is 12.7. The van der Waals surface area contributed by atoms with Crippen LogP contribution < -0.4 is 0 Å². The molecule has 0 fully saturated rings. The van der Waals surface area contributed by atoms with Crippen molar-refractivity contribution in [1.82, 2.24) is 0 Å². The molecule has 0 unspecified atom stereocenters. The van der Waals surface area contributed by atoms with Crippen molar-refractivity contribution in [2.45, 2.75) is 85.5 Å². The lowest BCUT2D eigenvalue weighted by molar-refractivity contribution is -0.166. The van der Waals surface area contributed by atoms with Gasteiger partial charge in [0.15, 0.2) is 0 Å². The van der Waals surface area contributed by atoms with Crippen LogP contribution in [0.4, 0.5) is 0 Å². The van der Waals surface area contributed by atoms with Crippen LogP contribution in [0.1, 0.15) is 67.2 Å². The predicted molar refractivity (Wildman–Crippen MR) is 113 cm³/mol. The standard InChI is InChI=1S/C24H40O4/c1-15(2)18-12-11-16(3)19-13-17(25)9-8-10-21(27-7)22(14-20(18)19)28-23(26)24(4,5)6/h8,10-11,15,17-22,25H,9,12-14H2,1-7H3/t17-,18-,19+,20-,21+,22+/m1/s1. The lowest BCUT2D eigenvalue weighted by Gasteiger charge is -2.43. The summed E-state index contributed by atoms with van der Waals surface area (Å²) in [6.45, 7) is 12.4. The van der Waals surface area contributed by atoms with E-state index in [1.165, 1.54) is 5.57 Å². The topological polar surface area (TPSA) is 55.8 Å². The molecule has 0 aromatic carbocycles. The maximum absolute atomic E-state index is 12.7. The van der Waals surface area contributed by atoms with Crippen LogP contribution in [0.3, 0.4) is 0 Å². The van der Waals surface area contributed by atoms with Gasteiger partial charge in [0.05, 0.1) is 11.5 Å². The Morgan fingerprint density at radius 3 is 2.46 bits per heavy atom. The molecule has 0 aromatic rings. The van der Waals surface area contributed by atoms with E-state index < -0.39 is 5.41 Å². The van der Waals surface area contributed by atoms with Gasteiger partial charge in [-0.25, -0.2) is 0 Å². The first kappa shape index (κ1) is 23.2. The SMILES string of the molecule is CO[C@H]1C=CC[C@@H](O)C[C@H]2C(C)=CC[C@H](C(C)C)[C@H]2C[C@@H]1OC(=O)C(C)(C)C. The Labute approximate surface area is 171 Å². The Hall–Kier alpha value is -1.13. The third-order valence-corrected chi connectivity index (χ3v) is 6.49. The van der Waals surface area contributed by atoms with Crippen molar-refractivity contribution in [3.8, 4) is 0 Å². The van der Waals surface area contributed by atoms with Crippen LogP contribution >= 0.6 is 0 Å². The first-order valence-corrected chi connectivity index (χ1v) is 10.8. The molecule has 4 heteroatoms. The van der Waals surface area contributed by atoms with E-state index in [2.05, 4.69) is 26.8 Å². The minimum Gasteiger partial charge on any atom is -0.459 e. The quantitative estimate of drug-likeness (QED) is 0.547. The van der Waals surface area contributed by atoms with Crippen molar-refractivity contribution < 1.29 is 19.4 Å². The van der Waals surface area contributed by atoms with Gasteiger partial charge in [0.1, 0.15) is 12.2 Å². The van der Waals surface area contributed by atoms with Gasteiger partial charge in [-0.2, -0.15) is 0 Å². The van der Waals surface area contributed by atoms with Crippen molar-refractivity contribution in [2.24, 2.45) is 29.1 Å². The number of ether oxygens (including phenoxy) is 2. The molecule has 0 heterocycles. The predicted octanol–water partition coefficient (Wildman–Crippen LogP) is 4.91. The zero-order valence-electron chi connectivity index (χ0n) is 18.8. The summed E-state index contributed by atoms with van der Waals surface area (Å²) in [5, 5.41) is 10.6. The zero-order valence-corrected chi connectivity index (χ0v) is 18.8. The van der Waals surface area contributed by atoms with Gasteiger partial charge in [0.2, 0.25) is 0 Å². The number of fused-ring (bicyclic) bond motifs is 1. The Balaban J connectivity index is 2.41. The average Bonchev–Trinajstić information content (AvgIpc) is 2.59. The lowest BCUT2D eigenvalue weighted by Crippen LogP contribution is -2.42. The maximum atomic E-state index is 12.7. The zero-order chi connectivity index (χ0) is 21.1. The van der Waals surface area contributed by atoms with E-state index in [1.807, 2.05) is 32.9 Å². The van der Waals surface area contributed by atoms with Crippen molar-refractivity contribution in [3.05, 3.63) is 23.8 Å². The molecule has 0 aromatic heterocycles. The van der Waals surface area contributed by atoms with Crippen LogP contribution in [-0.2, 0) is 14.3 Å². The number of esters is 1. The molecular weight excluding hydrogens is 352 g/mol. The molecule has 0 radical (unpaired) electrons. The second-order valence-corrected chi connectivity index (χ2v) is 10.0. The summed E-state index contributed by atoms with van der Waals surface area (Å²) in [5.41, 5.74) is 0.813. The summed E-state index contributed by atoms with van der Waals surface area (Å²) in [5.74, 6) is 1.54. The van der Waals surface area contributed by atoms with Crippen LogP contribution in [0.5, 0.6) is 0 Å². The molecular formula is C24H40O4. The summed E-state index contributed by atoms with van der Waals surface area (Å²) in [7, 11) is 1.67. The molecule has 0 saturated carbocycles. The second-order valence-electron chi connectivity index (χ2n) is 10.0. The molecule has 1 N–H and O–H groups in total. The van der Waals surface area contributed by atoms with Gasteiger partial charge in [-0.3, -0.25) is 4.79 Å². The number of methoxy groups -OCH3 is 1. The van der Waals surface area contributed by atoms with Crippen molar-refractivity contribution in [2.75, 3.05) is 7.11 Å². The highest BCUT2D eigenvalue weighted by atomic mass is 16.6. The van der Waals surface area contributed by atoms with Crippen LogP contribution in [0, 0.1) is 29.1 Å². The lowest BCUT2D eigenvalue weighted by atomic mass is 9.64. The van der Waals surface area contributed by atoms with Gasteiger partial charge in [0, 0.05) is 7.11 Å². The molecule has 2 aliphatic carbocycles. The molecule has 4 nitrogen and oxygen atoms in total. The summed E-state index contributed by atoms with van der Waals surface area (Å²) in [6, 6.07) is 0. The number of hydrogen-bond acceptors (Lipinski definition) is 4. The first-order valence-electron chi connectivity index (χ1n) is 10.8. The van der Waals surface area contributed by atoms with Gasteiger partial charge >= 0.3 is 5.97 Å². The number of carbonyl (C=O) groups excluding carboxylic acids is 1. The maximum Gasteiger partial charge on any atom is 0.311 e.